The third-order valence-electron chi connectivity index (χ3n) is 2.46. The first-order valence-corrected chi connectivity index (χ1v) is 6.43. The van der Waals surface area contributed by atoms with E-state index >= 15 is 0 Å². The summed E-state index contributed by atoms with van der Waals surface area (Å²) in [6, 6.07) is 0. The van der Waals surface area contributed by atoms with E-state index in [0.29, 0.717) is 12.0 Å². The average molecular weight is 254 g/mol. The highest BCUT2D eigenvalue weighted by atomic mass is 16.4. The van der Waals surface area contributed by atoms with E-state index in [4.69, 9.17) is 5.11 Å². The van der Waals surface area contributed by atoms with Crippen molar-refractivity contribution in [2.75, 3.05) is 0 Å². The summed E-state index contributed by atoms with van der Waals surface area (Å²) in [7, 11) is 1.67. The van der Waals surface area contributed by atoms with Crippen molar-refractivity contribution in [1.29, 1.82) is 0 Å². The number of hydrogen-bond acceptors (Lipinski definition) is 3. The number of carboxylic acid groups (broad SMARTS) is 1. The number of hydrogen-bond donors (Lipinski definition) is 1. The molecule has 18 heavy (non-hydrogen) atoms. The van der Waals surface area contributed by atoms with Gasteiger partial charge in [0.2, 0.25) is 0 Å². The molecule has 1 aliphatic rings. The summed E-state index contributed by atoms with van der Waals surface area (Å²) in [6.45, 7) is 8.00. The third kappa shape index (κ3) is 3.18. The molecule has 1 heterocycles. The van der Waals surface area contributed by atoms with Crippen LogP contribution in [0.15, 0.2) is 0 Å². The first-order chi connectivity index (χ1) is 8.61. The second kappa shape index (κ2) is 7.63. The minimum Gasteiger partial charge on any atom is -0.476 e. The first-order valence-electron chi connectivity index (χ1n) is 6.43. The highest BCUT2D eigenvalue weighted by molar-refractivity contribution is 6.06. The van der Waals surface area contributed by atoms with Crippen molar-refractivity contribution in [2.45, 2.75) is 47.0 Å². The second-order valence-corrected chi connectivity index (χ2v) is 3.38. The van der Waals surface area contributed by atoms with Gasteiger partial charge in [-0.2, -0.15) is 5.10 Å². The number of carboxylic acids is 1. The van der Waals surface area contributed by atoms with Gasteiger partial charge in [-0.05, 0) is 12.8 Å². The Morgan fingerprint density at radius 2 is 1.78 bits per heavy atom. The van der Waals surface area contributed by atoms with E-state index in [0.717, 1.165) is 18.5 Å². The molecule has 5 heteroatoms. The quantitative estimate of drug-likeness (QED) is 0.836. The van der Waals surface area contributed by atoms with Crippen LogP contribution in [0.2, 0.25) is 0 Å². The van der Waals surface area contributed by atoms with Crippen molar-refractivity contribution in [3.8, 4) is 0 Å². The van der Waals surface area contributed by atoms with Crippen LogP contribution in [0, 0.1) is 0 Å². The summed E-state index contributed by atoms with van der Waals surface area (Å²) in [4.78, 5) is 22.3. The minimum absolute atomic E-state index is 0.100. The maximum Gasteiger partial charge on any atom is 0.357 e. The van der Waals surface area contributed by atoms with Crippen LogP contribution in [-0.4, -0.2) is 26.6 Å². The molecule has 0 radical (unpaired) electrons. The molecule has 0 saturated heterocycles. The van der Waals surface area contributed by atoms with Gasteiger partial charge in [-0.25, -0.2) is 4.79 Å². The van der Waals surface area contributed by atoms with Gasteiger partial charge in [-0.3, -0.25) is 9.48 Å². The van der Waals surface area contributed by atoms with E-state index in [2.05, 4.69) is 5.10 Å². The fourth-order valence-electron chi connectivity index (χ4n) is 1.83. The lowest BCUT2D eigenvalue weighted by molar-refractivity contribution is 0.0684. The third-order valence-corrected chi connectivity index (χ3v) is 2.46. The Bertz CT molecular complexity index is 422. The Morgan fingerprint density at radius 1 is 1.22 bits per heavy atom. The SMILES string of the molecule is CC.CC.Cn1nc(C(=O)O)c2c1CCCC2=O. The standard InChI is InChI=1S/C9H10N2O3.2C2H6/c1-11-5-3-2-4-6(12)7(5)8(10-11)9(13)14;2*1-2/h2-4H2,1H3,(H,13,14);2*1-2H3. The van der Waals surface area contributed by atoms with Gasteiger partial charge in [0.15, 0.2) is 11.5 Å². The summed E-state index contributed by atoms with van der Waals surface area (Å²) in [5.74, 6) is -1.23. The molecule has 1 N–H and O–H groups in total. The summed E-state index contributed by atoms with van der Waals surface area (Å²) < 4.78 is 1.50. The topological polar surface area (TPSA) is 72.2 Å². The predicted molar refractivity (Wildman–Crippen MR) is 70.1 cm³/mol. The number of aryl methyl sites for hydroxylation is 1. The van der Waals surface area contributed by atoms with Gasteiger partial charge < -0.3 is 5.11 Å². The van der Waals surface area contributed by atoms with E-state index in [1.165, 1.54) is 4.68 Å². The Labute approximate surface area is 108 Å². The van der Waals surface area contributed by atoms with Gasteiger partial charge in [0.1, 0.15) is 0 Å². The molecule has 0 aliphatic heterocycles. The van der Waals surface area contributed by atoms with Crippen LogP contribution in [0.5, 0.6) is 0 Å². The molecule has 102 valence electrons. The molecule has 0 bridgehead atoms. The van der Waals surface area contributed by atoms with Crippen LogP contribution >= 0.6 is 0 Å². The zero-order valence-electron chi connectivity index (χ0n) is 11.8. The summed E-state index contributed by atoms with van der Waals surface area (Å²) in [5, 5.41) is 12.7. The van der Waals surface area contributed by atoms with E-state index in [9.17, 15) is 9.59 Å². The number of rotatable bonds is 1. The average Bonchev–Trinajstić information content (AvgIpc) is 2.74. The number of carbonyl (C=O) groups is 2. The number of nitrogens with zero attached hydrogens (tertiary/aromatic N) is 2. The smallest absolute Gasteiger partial charge is 0.357 e. The normalized spacial score (nSPS) is 12.6. The fourth-order valence-corrected chi connectivity index (χ4v) is 1.83. The number of aromatic nitrogens is 2. The number of fused-ring (bicyclic) bond motifs is 1. The van der Waals surface area contributed by atoms with Crippen molar-refractivity contribution in [3.63, 3.8) is 0 Å². The molecule has 0 atom stereocenters. The molecular weight excluding hydrogens is 232 g/mol. The molecule has 0 aromatic carbocycles. The summed E-state index contributed by atoms with van der Waals surface area (Å²) in [6.07, 6.45) is 1.95. The molecule has 0 unspecified atom stereocenters. The van der Waals surface area contributed by atoms with Gasteiger partial charge in [-0.15, -0.1) is 0 Å². The van der Waals surface area contributed by atoms with E-state index in [1.54, 1.807) is 7.05 Å². The maximum absolute atomic E-state index is 11.5. The Morgan fingerprint density at radius 3 is 2.28 bits per heavy atom. The van der Waals surface area contributed by atoms with Gasteiger partial charge in [0.25, 0.3) is 0 Å². The second-order valence-electron chi connectivity index (χ2n) is 3.38. The molecule has 0 saturated carbocycles. The van der Waals surface area contributed by atoms with Crippen molar-refractivity contribution in [3.05, 3.63) is 17.0 Å². The number of carbonyl (C=O) groups excluding carboxylic acids is 1. The molecule has 1 aromatic rings. The van der Waals surface area contributed by atoms with Gasteiger partial charge in [0.05, 0.1) is 5.56 Å². The monoisotopic (exact) mass is 254 g/mol. The van der Waals surface area contributed by atoms with Gasteiger partial charge in [0, 0.05) is 19.2 Å². The van der Waals surface area contributed by atoms with Crippen molar-refractivity contribution >= 4 is 11.8 Å². The van der Waals surface area contributed by atoms with Crippen LogP contribution in [-0.2, 0) is 13.5 Å². The lowest BCUT2D eigenvalue weighted by atomic mass is 9.94. The van der Waals surface area contributed by atoms with Crippen LogP contribution in [0.1, 0.15) is 67.1 Å². The van der Waals surface area contributed by atoms with Gasteiger partial charge >= 0.3 is 5.97 Å². The molecule has 2 rings (SSSR count). The fraction of sp³-hybridized carbons (Fsp3) is 0.615. The molecule has 5 nitrogen and oxygen atoms in total. The van der Waals surface area contributed by atoms with Crippen molar-refractivity contribution in [1.82, 2.24) is 9.78 Å². The van der Waals surface area contributed by atoms with Crippen LogP contribution in [0.3, 0.4) is 0 Å². The van der Waals surface area contributed by atoms with Crippen LogP contribution in [0.25, 0.3) is 0 Å². The highest BCUT2D eigenvalue weighted by Gasteiger charge is 2.28. The van der Waals surface area contributed by atoms with Gasteiger partial charge in [-0.1, -0.05) is 27.7 Å². The summed E-state index contributed by atoms with van der Waals surface area (Å²) in [5.41, 5.74) is 0.956. The van der Waals surface area contributed by atoms with Crippen molar-refractivity contribution < 1.29 is 14.7 Å². The summed E-state index contributed by atoms with van der Waals surface area (Å²) >= 11 is 0. The van der Waals surface area contributed by atoms with E-state index in [-0.39, 0.29) is 11.5 Å². The lowest BCUT2D eigenvalue weighted by Crippen LogP contribution is -2.14. The predicted octanol–water partition coefficient (Wildman–Crippen LogP) is 2.69. The molecule has 0 fully saturated rings. The van der Waals surface area contributed by atoms with E-state index in [1.807, 2.05) is 27.7 Å². The Balaban J connectivity index is 0.000000659. The minimum atomic E-state index is -1.13. The van der Waals surface area contributed by atoms with Crippen LogP contribution in [0.4, 0.5) is 0 Å². The first kappa shape index (κ1) is 16.4. The number of Topliss-reactive ketones (excluding diaryl/α,β-unsaturated/α-hetero) is 1. The Hall–Kier alpha value is -1.65. The molecular formula is C13H22N2O3. The number of aromatic carboxylic acids is 1. The molecule has 0 spiro atoms. The molecule has 1 aromatic heterocycles. The zero-order chi connectivity index (χ0) is 14.3. The zero-order valence-corrected chi connectivity index (χ0v) is 11.8. The largest absolute Gasteiger partial charge is 0.476 e. The van der Waals surface area contributed by atoms with Crippen LogP contribution < -0.4 is 0 Å². The lowest BCUT2D eigenvalue weighted by Gasteiger charge is -2.10. The maximum atomic E-state index is 11.5. The van der Waals surface area contributed by atoms with E-state index < -0.39 is 5.97 Å². The number of ketones is 1. The Kier molecular flexibility index (Phi) is 6.93. The molecule has 1 aliphatic carbocycles. The molecule has 0 amide bonds. The van der Waals surface area contributed by atoms with Crippen molar-refractivity contribution in [2.24, 2.45) is 7.05 Å². The highest BCUT2D eigenvalue weighted by Crippen LogP contribution is 2.23.